The summed E-state index contributed by atoms with van der Waals surface area (Å²) in [7, 11) is 0. The third kappa shape index (κ3) is 3.97. The molecule has 2 rings (SSSR count). The van der Waals surface area contributed by atoms with E-state index < -0.39 is 6.10 Å². The maximum atomic E-state index is 12.5. The molecular formula is C17H26N2O2. The topological polar surface area (TPSA) is 55.6 Å². The summed E-state index contributed by atoms with van der Waals surface area (Å²) in [6, 6.07) is 5.90. The molecule has 1 heterocycles. The van der Waals surface area contributed by atoms with Gasteiger partial charge in [-0.3, -0.25) is 4.79 Å². The molecule has 1 aromatic carbocycles. The minimum Gasteiger partial charge on any atom is -0.480 e. The number of rotatable bonds is 4. The number of nitrogens with two attached hydrogens (primary N) is 1. The molecule has 0 saturated carbocycles. The van der Waals surface area contributed by atoms with Crippen molar-refractivity contribution >= 4 is 5.91 Å². The van der Waals surface area contributed by atoms with Crippen LogP contribution in [0.3, 0.4) is 0 Å². The lowest BCUT2D eigenvalue weighted by Crippen LogP contribution is -2.41. The first-order chi connectivity index (χ1) is 10.1. The predicted octanol–water partition coefficient (Wildman–Crippen LogP) is 2.62. The normalized spacial score (nSPS) is 17.2. The number of carbonyl (C=O) groups is 1. The first-order valence-electron chi connectivity index (χ1n) is 7.87. The highest BCUT2D eigenvalue weighted by molar-refractivity contribution is 5.81. The Hall–Kier alpha value is -1.55. The Bertz CT molecular complexity index is 480. The van der Waals surface area contributed by atoms with Gasteiger partial charge in [0.2, 0.25) is 0 Å². The molecule has 1 aromatic rings. The number of benzene rings is 1. The van der Waals surface area contributed by atoms with E-state index in [-0.39, 0.29) is 5.91 Å². The highest BCUT2D eigenvalue weighted by Gasteiger charge is 2.23. The van der Waals surface area contributed by atoms with Gasteiger partial charge in [-0.1, -0.05) is 31.0 Å². The van der Waals surface area contributed by atoms with Crippen LogP contribution in [0.15, 0.2) is 18.2 Å². The standard InChI is InChI=1S/C17H26N2O2/c1-13-8-7-9-15(12-18)16(13)21-14(2)17(20)19-10-5-3-4-6-11-19/h7-9,14H,3-6,10-12,18H2,1-2H3. The SMILES string of the molecule is Cc1cccc(CN)c1OC(C)C(=O)N1CCCCCC1. The van der Waals surface area contributed by atoms with Crippen LogP contribution in [-0.2, 0) is 11.3 Å². The fourth-order valence-corrected chi connectivity index (χ4v) is 2.82. The van der Waals surface area contributed by atoms with Crippen molar-refractivity contribution in [3.8, 4) is 5.75 Å². The number of hydrogen-bond acceptors (Lipinski definition) is 3. The van der Waals surface area contributed by atoms with Crippen LogP contribution in [0.5, 0.6) is 5.75 Å². The lowest BCUT2D eigenvalue weighted by Gasteiger charge is -2.25. The molecule has 1 saturated heterocycles. The Morgan fingerprint density at radius 3 is 2.57 bits per heavy atom. The van der Waals surface area contributed by atoms with Crippen LogP contribution < -0.4 is 10.5 Å². The van der Waals surface area contributed by atoms with Gasteiger partial charge in [-0.05, 0) is 32.3 Å². The Morgan fingerprint density at radius 1 is 1.29 bits per heavy atom. The Balaban J connectivity index is 2.06. The largest absolute Gasteiger partial charge is 0.480 e. The van der Waals surface area contributed by atoms with Crippen molar-refractivity contribution in [3.05, 3.63) is 29.3 Å². The molecule has 4 nitrogen and oxygen atoms in total. The lowest BCUT2D eigenvalue weighted by atomic mass is 10.1. The van der Waals surface area contributed by atoms with Gasteiger partial charge in [-0.15, -0.1) is 0 Å². The molecule has 2 N–H and O–H groups in total. The first kappa shape index (κ1) is 15.8. The van der Waals surface area contributed by atoms with E-state index in [1.165, 1.54) is 12.8 Å². The van der Waals surface area contributed by atoms with E-state index in [4.69, 9.17) is 10.5 Å². The Labute approximate surface area is 127 Å². The van der Waals surface area contributed by atoms with Crippen molar-refractivity contribution in [1.82, 2.24) is 4.90 Å². The third-order valence-corrected chi connectivity index (χ3v) is 4.07. The minimum atomic E-state index is -0.463. The van der Waals surface area contributed by atoms with Gasteiger partial charge in [0.25, 0.3) is 5.91 Å². The average Bonchev–Trinajstić information content (AvgIpc) is 2.77. The van der Waals surface area contributed by atoms with Gasteiger partial charge < -0.3 is 15.4 Å². The molecule has 0 spiro atoms. The van der Waals surface area contributed by atoms with E-state index >= 15 is 0 Å². The van der Waals surface area contributed by atoms with Crippen molar-refractivity contribution in [3.63, 3.8) is 0 Å². The number of ether oxygens (including phenoxy) is 1. The zero-order valence-electron chi connectivity index (χ0n) is 13.1. The fourth-order valence-electron chi connectivity index (χ4n) is 2.82. The zero-order chi connectivity index (χ0) is 15.2. The maximum Gasteiger partial charge on any atom is 0.263 e. The third-order valence-electron chi connectivity index (χ3n) is 4.07. The summed E-state index contributed by atoms with van der Waals surface area (Å²) in [5.41, 5.74) is 7.73. The summed E-state index contributed by atoms with van der Waals surface area (Å²) in [6.45, 7) is 5.94. The molecule has 0 radical (unpaired) electrons. The summed E-state index contributed by atoms with van der Waals surface area (Å²) < 4.78 is 5.95. The second kappa shape index (κ2) is 7.46. The van der Waals surface area contributed by atoms with Gasteiger partial charge in [-0.2, -0.15) is 0 Å². The van der Waals surface area contributed by atoms with Crippen molar-refractivity contribution in [1.29, 1.82) is 0 Å². The zero-order valence-corrected chi connectivity index (χ0v) is 13.1. The maximum absolute atomic E-state index is 12.5. The number of nitrogens with zero attached hydrogens (tertiary/aromatic N) is 1. The van der Waals surface area contributed by atoms with E-state index in [0.717, 1.165) is 42.8 Å². The Morgan fingerprint density at radius 2 is 1.95 bits per heavy atom. The average molecular weight is 290 g/mol. The molecule has 1 amide bonds. The van der Waals surface area contributed by atoms with Crippen LogP contribution in [0.25, 0.3) is 0 Å². The Kier molecular flexibility index (Phi) is 5.62. The van der Waals surface area contributed by atoms with Gasteiger partial charge >= 0.3 is 0 Å². The molecule has 0 aromatic heterocycles. The number of para-hydroxylation sites is 1. The molecule has 1 unspecified atom stereocenters. The molecular weight excluding hydrogens is 264 g/mol. The molecule has 4 heteroatoms. The molecule has 1 aliphatic rings. The predicted molar refractivity (Wildman–Crippen MR) is 84.2 cm³/mol. The molecule has 1 aliphatic heterocycles. The monoisotopic (exact) mass is 290 g/mol. The molecule has 1 atom stereocenters. The van der Waals surface area contributed by atoms with Crippen LogP contribution in [0.2, 0.25) is 0 Å². The van der Waals surface area contributed by atoms with E-state index in [1.54, 1.807) is 0 Å². The van der Waals surface area contributed by atoms with E-state index in [0.29, 0.717) is 6.54 Å². The van der Waals surface area contributed by atoms with Gasteiger partial charge in [-0.25, -0.2) is 0 Å². The summed E-state index contributed by atoms with van der Waals surface area (Å²) in [5.74, 6) is 0.846. The molecule has 116 valence electrons. The smallest absolute Gasteiger partial charge is 0.263 e. The van der Waals surface area contributed by atoms with Crippen LogP contribution in [-0.4, -0.2) is 30.0 Å². The highest BCUT2D eigenvalue weighted by Crippen LogP contribution is 2.24. The van der Waals surface area contributed by atoms with Crippen LogP contribution in [0.1, 0.15) is 43.7 Å². The van der Waals surface area contributed by atoms with E-state index in [1.807, 2.05) is 36.9 Å². The minimum absolute atomic E-state index is 0.0862. The van der Waals surface area contributed by atoms with Crippen molar-refractivity contribution in [2.75, 3.05) is 13.1 Å². The molecule has 0 bridgehead atoms. The van der Waals surface area contributed by atoms with Crippen LogP contribution in [0, 0.1) is 6.92 Å². The van der Waals surface area contributed by atoms with Crippen LogP contribution in [0.4, 0.5) is 0 Å². The number of amides is 1. The number of hydrogen-bond donors (Lipinski definition) is 1. The fraction of sp³-hybridized carbons (Fsp3) is 0.588. The summed E-state index contributed by atoms with van der Waals surface area (Å²) in [4.78, 5) is 14.5. The second-order valence-electron chi connectivity index (χ2n) is 5.77. The highest BCUT2D eigenvalue weighted by atomic mass is 16.5. The van der Waals surface area contributed by atoms with Gasteiger partial charge in [0, 0.05) is 25.2 Å². The molecule has 21 heavy (non-hydrogen) atoms. The van der Waals surface area contributed by atoms with E-state index in [2.05, 4.69) is 0 Å². The number of carbonyl (C=O) groups excluding carboxylic acids is 1. The van der Waals surface area contributed by atoms with Crippen molar-refractivity contribution in [2.24, 2.45) is 5.73 Å². The van der Waals surface area contributed by atoms with Crippen molar-refractivity contribution in [2.45, 2.75) is 52.2 Å². The van der Waals surface area contributed by atoms with Crippen LogP contribution >= 0.6 is 0 Å². The van der Waals surface area contributed by atoms with Gasteiger partial charge in [0.15, 0.2) is 6.10 Å². The summed E-state index contributed by atoms with van der Waals surface area (Å²) in [6.07, 6.45) is 4.16. The second-order valence-corrected chi connectivity index (χ2v) is 5.77. The summed E-state index contributed by atoms with van der Waals surface area (Å²) >= 11 is 0. The number of likely N-dealkylation sites (tertiary alicyclic amines) is 1. The quantitative estimate of drug-likeness (QED) is 0.927. The first-order valence-corrected chi connectivity index (χ1v) is 7.87. The van der Waals surface area contributed by atoms with E-state index in [9.17, 15) is 4.79 Å². The molecule has 1 fully saturated rings. The van der Waals surface area contributed by atoms with Gasteiger partial charge in [0.05, 0.1) is 0 Å². The van der Waals surface area contributed by atoms with Crippen molar-refractivity contribution < 1.29 is 9.53 Å². The van der Waals surface area contributed by atoms with Gasteiger partial charge in [0.1, 0.15) is 5.75 Å². The molecule has 0 aliphatic carbocycles. The number of aryl methyl sites for hydroxylation is 1. The lowest BCUT2D eigenvalue weighted by molar-refractivity contribution is -0.137. The summed E-state index contributed by atoms with van der Waals surface area (Å²) in [5, 5.41) is 0.